The Morgan fingerprint density at radius 2 is 1.92 bits per heavy atom. The van der Waals surface area contributed by atoms with Crippen molar-refractivity contribution in [2.75, 3.05) is 20.3 Å². The van der Waals surface area contributed by atoms with Gasteiger partial charge < -0.3 is 19.5 Å². The quantitative estimate of drug-likeness (QED) is 0.693. The van der Waals surface area contributed by atoms with Crippen LogP contribution in [0.5, 0.6) is 11.5 Å². The van der Waals surface area contributed by atoms with E-state index >= 15 is 0 Å². The van der Waals surface area contributed by atoms with Crippen LogP contribution in [0.2, 0.25) is 10.0 Å². The zero-order valence-electron chi connectivity index (χ0n) is 14.8. The smallest absolute Gasteiger partial charge is 0.166 e. The lowest BCUT2D eigenvalue weighted by Crippen LogP contribution is -2.26. The third kappa shape index (κ3) is 4.83. The van der Waals surface area contributed by atoms with Crippen molar-refractivity contribution in [2.45, 2.75) is 32.1 Å². The Balaban J connectivity index is 1.69. The van der Waals surface area contributed by atoms with E-state index in [1.807, 2.05) is 24.3 Å². The second-order valence-corrected chi connectivity index (χ2v) is 7.02. The van der Waals surface area contributed by atoms with Gasteiger partial charge in [0, 0.05) is 40.9 Å². The summed E-state index contributed by atoms with van der Waals surface area (Å²) in [6, 6.07) is 11.3. The molecule has 0 spiro atoms. The van der Waals surface area contributed by atoms with E-state index in [-0.39, 0.29) is 6.61 Å². The van der Waals surface area contributed by atoms with Crippen molar-refractivity contribution >= 4 is 23.2 Å². The van der Waals surface area contributed by atoms with Crippen LogP contribution in [-0.2, 0) is 17.9 Å². The van der Waals surface area contributed by atoms with Gasteiger partial charge in [0.1, 0.15) is 6.61 Å². The van der Waals surface area contributed by atoms with E-state index < -0.39 is 0 Å². The van der Waals surface area contributed by atoms with Gasteiger partial charge in [-0.05, 0) is 31.0 Å². The Morgan fingerprint density at radius 1 is 1.15 bits per heavy atom. The maximum atomic E-state index is 6.24. The van der Waals surface area contributed by atoms with Crippen molar-refractivity contribution in [1.82, 2.24) is 5.32 Å². The first-order chi connectivity index (χ1) is 12.7. The van der Waals surface area contributed by atoms with Gasteiger partial charge in [-0.15, -0.1) is 0 Å². The molecule has 1 aliphatic heterocycles. The van der Waals surface area contributed by atoms with Gasteiger partial charge in [0.05, 0.1) is 13.2 Å². The summed E-state index contributed by atoms with van der Waals surface area (Å²) in [5, 5.41) is 4.62. The molecular formula is C20H23Cl2NO3. The molecule has 0 aliphatic carbocycles. The van der Waals surface area contributed by atoms with Crippen LogP contribution >= 0.6 is 23.2 Å². The molecule has 3 rings (SSSR count). The fourth-order valence-corrected chi connectivity index (χ4v) is 3.52. The first kappa shape index (κ1) is 19.3. The Labute approximate surface area is 164 Å². The highest BCUT2D eigenvalue weighted by atomic mass is 35.5. The molecule has 140 valence electrons. The largest absolute Gasteiger partial charge is 0.493 e. The highest BCUT2D eigenvalue weighted by molar-refractivity contribution is 6.35. The normalized spacial score (nSPS) is 16.7. The lowest BCUT2D eigenvalue weighted by molar-refractivity contribution is 0.110. The van der Waals surface area contributed by atoms with Gasteiger partial charge in [-0.1, -0.05) is 41.4 Å². The minimum atomic E-state index is 0.275. The minimum absolute atomic E-state index is 0.275. The van der Waals surface area contributed by atoms with E-state index in [0.717, 1.165) is 37.1 Å². The Morgan fingerprint density at radius 3 is 2.62 bits per heavy atom. The fourth-order valence-electron chi connectivity index (χ4n) is 3.01. The lowest BCUT2D eigenvalue weighted by Gasteiger charge is -2.17. The summed E-state index contributed by atoms with van der Waals surface area (Å²) in [5.74, 6) is 1.38. The predicted octanol–water partition coefficient (Wildman–Crippen LogP) is 4.85. The topological polar surface area (TPSA) is 39.7 Å². The molecule has 4 nitrogen and oxygen atoms in total. The van der Waals surface area contributed by atoms with Gasteiger partial charge in [0.15, 0.2) is 11.5 Å². The van der Waals surface area contributed by atoms with Gasteiger partial charge in [-0.3, -0.25) is 0 Å². The number of nitrogens with one attached hydrogen (secondary N) is 1. The van der Waals surface area contributed by atoms with Crippen molar-refractivity contribution in [3.63, 3.8) is 0 Å². The third-order valence-electron chi connectivity index (χ3n) is 4.41. The summed E-state index contributed by atoms with van der Waals surface area (Å²) in [5.41, 5.74) is 1.78. The zero-order valence-corrected chi connectivity index (χ0v) is 16.3. The van der Waals surface area contributed by atoms with Crippen LogP contribution in [0.1, 0.15) is 24.0 Å². The number of hydrogen-bond donors (Lipinski definition) is 1. The summed E-state index contributed by atoms with van der Waals surface area (Å²) in [6.45, 7) is 2.63. The van der Waals surface area contributed by atoms with E-state index in [2.05, 4.69) is 5.32 Å². The van der Waals surface area contributed by atoms with Crippen LogP contribution in [0, 0.1) is 0 Å². The Bertz CT molecular complexity index is 713. The molecule has 2 aromatic carbocycles. The molecule has 1 N–H and O–H groups in total. The Hall–Kier alpha value is -1.46. The molecule has 1 atom stereocenters. The average molecular weight is 396 g/mol. The van der Waals surface area contributed by atoms with Crippen LogP contribution in [-0.4, -0.2) is 26.4 Å². The summed E-state index contributed by atoms with van der Waals surface area (Å²) in [6.07, 6.45) is 2.55. The van der Waals surface area contributed by atoms with Crippen molar-refractivity contribution in [1.29, 1.82) is 0 Å². The monoisotopic (exact) mass is 395 g/mol. The van der Waals surface area contributed by atoms with Crippen LogP contribution < -0.4 is 14.8 Å². The first-order valence-corrected chi connectivity index (χ1v) is 9.48. The number of benzene rings is 2. The standard InChI is InChI=1S/C20H23Cl2NO3/c1-24-19-9-2-5-14(11-23-12-15-6-4-10-25-15)20(19)26-13-16-17(21)7-3-8-18(16)22/h2-3,5,7-9,15,23H,4,6,10-13H2,1H3/t15-/m0/s1. The molecule has 0 radical (unpaired) electrons. The molecule has 1 heterocycles. The second kappa shape index (κ2) is 9.47. The number of para-hydroxylation sites is 1. The summed E-state index contributed by atoms with van der Waals surface area (Å²) >= 11 is 12.5. The van der Waals surface area contributed by atoms with E-state index in [1.54, 1.807) is 19.2 Å². The first-order valence-electron chi connectivity index (χ1n) is 8.73. The molecule has 26 heavy (non-hydrogen) atoms. The molecular weight excluding hydrogens is 373 g/mol. The van der Waals surface area contributed by atoms with Crippen LogP contribution in [0.15, 0.2) is 36.4 Å². The van der Waals surface area contributed by atoms with Crippen molar-refractivity contribution < 1.29 is 14.2 Å². The number of ether oxygens (including phenoxy) is 3. The molecule has 0 unspecified atom stereocenters. The van der Waals surface area contributed by atoms with Crippen LogP contribution in [0.3, 0.4) is 0 Å². The highest BCUT2D eigenvalue weighted by Crippen LogP contribution is 2.33. The van der Waals surface area contributed by atoms with Crippen molar-refractivity contribution in [3.05, 3.63) is 57.6 Å². The molecule has 0 aromatic heterocycles. The number of hydrogen-bond acceptors (Lipinski definition) is 4. The summed E-state index contributed by atoms with van der Waals surface area (Å²) in [4.78, 5) is 0. The average Bonchev–Trinajstić information content (AvgIpc) is 3.15. The molecule has 6 heteroatoms. The number of halogens is 2. The van der Waals surface area contributed by atoms with E-state index in [9.17, 15) is 0 Å². The zero-order chi connectivity index (χ0) is 18.4. The summed E-state index contributed by atoms with van der Waals surface area (Å²) < 4.78 is 17.2. The molecule has 1 fully saturated rings. The lowest BCUT2D eigenvalue weighted by atomic mass is 10.1. The molecule has 1 saturated heterocycles. The molecule has 0 saturated carbocycles. The van der Waals surface area contributed by atoms with E-state index in [1.165, 1.54) is 0 Å². The number of methoxy groups -OCH3 is 1. The van der Waals surface area contributed by atoms with Crippen LogP contribution in [0.25, 0.3) is 0 Å². The third-order valence-corrected chi connectivity index (χ3v) is 5.12. The van der Waals surface area contributed by atoms with Gasteiger partial charge in [0.25, 0.3) is 0 Å². The van der Waals surface area contributed by atoms with E-state index in [0.29, 0.717) is 34.2 Å². The van der Waals surface area contributed by atoms with Crippen molar-refractivity contribution in [3.8, 4) is 11.5 Å². The van der Waals surface area contributed by atoms with Crippen LogP contribution in [0.4, 0.5) is 0 Å². The van der Waals surface area contributed by atoms with Gasteiger partial charge in [-0.2, -0.15) is 0 Å². The Kier molecular flexibility index (Phi) is 7.03. The highest BCUT2D eigenvalue weighted by Gasteiger charge is 2.16. The molecule has 0 bridgehead atoms. The fraction of sp³-hybridized carbons (Fsp3) is 0.400. The molecule has 0 amide bonds. The van der Waals surface area contributed by atoms with Gasteiger partial charge in [0.2, 0.25) is 0 Å². The van der Waals surface area contributed by atoms with E-state index in [4.69, 9.17) is 37.4 Å². The maximum Gasteiger partial charge on any atom is 0.166 e. The number of rotatable bonds is 8. The molecule has 1 aliphatic rings. The summed E-state index contributed by atoms with van der Waals surface area (Å²) in [7, 11) is 1.63. The van der Waals surface area contributed by atoms with Gasteiger partial charge >= 0.3 is 0 Å². The van der Waals surface area contributed by atoms with Gasteiger partial charge in [-0.25, -0.2) is 0 Å². The van der Waals surface area contributed by atoms with Crippen molar-refractivity contribution in [2.24, 2.45) is 0 Å². The second-order valence-electron chi connectivity index (χ2n) is 6.20. The minimum Gasteiger partial charge on any atom is -0.493 e. The molecule has 2 aromatic rings. The predicted molar refractivity (Wildman–Crippen MR) is 104 cm³/mol. The SMILES string of the molecule is COc1cccc(CNC[C@@H]2CCCO2)c1OCc1c(Cl)cccc1Cl. The maximum absolute atomic E-state index is 6.24.